The summed E-state index contributed by atoms with van der Waals surface area (Å²) in [6, 6.07) is 18.6. The maximum Gasteiger partial charge on any atom is 0.329 e. The Balaban J connectivity index is 1.55. The molecule has 0 aliphatic carbocycles. The molecule has 9 heteroatoms. The van der Waals surface area contributed by atoms with Crippen molar-refractivity contribution in [3.05, 3.63) is 109 Å². The number of urea groups is 1. The van der Waals surface area contributed by atoms with Crippen molar-refractivity contribution in [3.63, 3.8) is 0 Å². The Morgan fingerprint density at radius 3 is 2.59 bits per heavy atom. The molecule has 1 aliphatic rings. The van der Waals surface area contributed by atoms with Crippen LogP contribution in [0.4, 0.5) is 10.5 Å². The van der Waals surface area contributed by atoms with Crippen LogP contribution in [0.1, 0.15) is 22.3 Å². The van der Waals surface area contributed by atoms with Crippen LogP contribution in [0, 0.1) is 17.0 Å². The highest BCUT2D eigenvalue weighted by molar-refractivity contribution is 9.10. The third kappa shape index (κ3) is 5.32. The van der Waals surface area contributed by atoms with Crippen molar-refractivity contribution >= 4 is 39.6 Å². The van der Waals surface area contributed by atoms with E-state index in [0.29, 0.717) is 16.9 Å². The lowest BCUT2D eigenvalue weighted by molar-refractivity contribution is -0.384. The minimum Gasteiger partial charge on any atom is -0.488 e. The number of hydrogen-bond acceptors (Lipinski definition) is 5. The van der Waals surface area contributed by atoms with Gasteiger partial charge in [0.1, 0.15) is 18.1 Å². The minimum atomic E-state index is -0.494. The highest BCUT2D eigenvalue weighted by atomic mass is 79.9. The van der Waals surface area contributed by atoms with Gasteiger partial charge in [-0.25, -0.2) is 4.79 Å². The Kier molecular flexibility index (Phi) is 6.74. The number of carbonyl (C=O) groups is 2. The van der Waals surface area contributed by atoms with E-state index in [-0.39, 0.29) is 24.5 Å². The zero-order chi connectivity index (χ0) is 24.2. The van der Waals surface area contributed by atoms with Crippen LogP contribution in [0.15, 0.2) is 76.9 Å². The van der Waals surface area contributed by atoms with E-state index in [1.54, 1.807) is 36.4 Å². The summed E-state index contributed by atoms with van der Waals surface area (Å²) in [4.78, 5) is 37.1. The Morgan fingerprint density at radius 2 is 1.82 bits per heavy atom. The molecular weight excluding hydrogens is 502 g/mol. The normalized spacial score (nSPS) is 14.4. The predicted octanol–water partition coefficient (Wildman–Crippen LogP) is 5.34. The SMILES string of the molecule is Cc1cccc(CN2C(=O)N/C(=C/c3cc(Br)ccc3OCc3cccc([N+](=O)[O-])c3)C2=O)c1. The van der Waals surface area contributed by atoms with E-state index in [9.17, 15) is 19.7 Å². The zero-order valence-electron chi connectivity index (χ0n) is 18.2. The summed E-state index contributed by atoms with van der Waals surface area (Å²) in [5, 5.41) is 13.6. The van der Waals surface area contributed by atoms with Crippen LogP contribution in [-0.4, -0.2) is 21.8 Å². The third-order valence-electron chi connectivity index (χ3n) is 5.17. The number of aryl methyl sites for hydroxylation is 1. The number of imide groups is 1. The van der Waals surface area contributed by atoms with Gasteiger partial charge >= 0.3 is 6.03 Å². The molecule has 0 spiro atoms. The van der Waals surface area contributed by atoms with Crippen molar-refractivity contribution in [2.24, 2.45) is 0 Å². The fraction of sp³-hybridized carbons (Fsp3) is 0.120. The van der Waals surface area contributed by atoms with E-state index in [1.807, 2.05) is 31.2 Å². The molecule has 0 unspecified atom stereocenters. The van der Waals surface area contributed by atoms with Crippen molar-refractivity contribution in [1.29, 1.82) is 0 Å². The molecule has 3 amide bonds. The highest BCUT2D eigenvalue weighted by Gasteiger charge is 2.33. The topological polar surface area (TPSA) is 102 Å². The average Bonchev–Trinajstić information content (AvgIpc) is 3.06. The first-order chi connectivity index (χ1) is 16.3. The van der Waals surface area contributed by atoms with Crippen molar-refractivity contribution in [2.75, 3.05) is 0 Å². The van der Waals surface area contributed by atoms with E-state index in [0.717, 1.165) is 20.5 Å². The molecule has 3 aromatic carbocycles. The fourth-order valence-corrected chi connectivity index (χ4v) is 3.93. The molecule has 1 saturated heterocycles. The largest absolute Gasteiger partial charge is 0.488 e. The van der Waals surface area contributed by atoms with Gasteiger partial charge in [-0.1, -0.05) is 57.9 Å². The van der Waals surface area contributed by atoms with Gasteiger partial charge in [-0.15, -0.1) is 0 Å². The molecule has 1 heterocycles. The van der Waals surface area contributed by atoms with E-state index >= 15 is 0 Å². The van der Waals surface area contributed by atoms with E-state index in [4.69, 9.17) is 4.74 Å². The summed E-state index contributed by atoms with van der Waals surface area (Å²) >= 11 is 3.41. The Morgan fingerprint density at radius 1 is 1.06 bits per heavy atom. The smallest absolute Gasteiger partial charge is 0.329 e. The number of carbonyl (C=O) groups excluding carboxylic acids is 2. The van der Waals surface area contributed by atoms with Crippen molar-refractivity contribution in [2.45, 2.75) is 20.1 Å². The van der Waals surface area contributed by atoms with Crippen LogP contribution in [-0.2, 0) is 17.9 Å². The molecule has 1 aliphatic heterocycles. The predicted molar refractivity (Wildman–Crippen MR) is 130 cm³/mol. The molecule has 0 atom stereocenters. The molecule has 1 fully saturated rings. The number of hydrogen-bond donors (Lipinski definition) is 1. The van der Waals surface area contributed by atoms with Crippen molar-refractivity contribution in [3.8, 4) is 5.75 Å². The highest BCUT2D eigenvalue weighted by Crippen LogP contribution is 2.28. The number of halogens is 1. The van der Waals surface area contributed by atoms with Gasteiger partial charge in [-0.05, 0) is 42.3 Å². The number of nitrogens with one attached hydrogen (secondary N) is 1. The quantitative estimate of drug-likeness (QED) is 0.196. The first kappa shape index (κ1) is 23.2. The number of amides is 3. The number of nitro benzene ring substituents is 1. The van der Waals surface area contributed by atoms with Gasteiger partial charge in [0.2, 0.25) is 0 Å². The van der Waals surface area contributed by atoms with Crippen LogP contribution >= 0.6 is 15.9 Å². The Hall–Kier alpha value is -3.98. The van der Waals surface area contributed by atoms with Gasteiger partial charge < -0.3 is 10.1 Å². The molecule has 8 nitrogen and oxygen atoms in total. The third-order valence-corrected chi connectivity index (χ3v) is 5.67. The Labute approximate surface area is 204 Å². The summed E-state index contributed by atoms with van der Waals surface area (Å²) in [7, 11) is 0. The number of nitrogens with zero attached hydrogens (tertiary/aromatic N) is 2. The number of rotatable bonds is 7. The fourth-order valence-electron chi connectivity index (χ4n) is 3.55. The number of benzene rings is 3. The standard InChI is InChI=1S/C25H20BrN3O5/c1-16-4-2-5-17(10-16)14-28-24(30)22(27-25(28)31)13-19-12-20(26)8-9-23(19)34-15-18-6-3-7-21(11-18)29(32)33/h2-13H,14-15H2,1H3,(H,27,31)/b22-13+. The van der Waals surface area contributed by atoms with Crippen LogP contribution in [0.3, 0.4) is 0 Å². The summed E-state index contributed by atoms with van der Waals surface area (Å²) in [5.74, 6) is 0.0255. The van der Waals surface area contributed by atoms with Crippen LogP contribution < -0.4 is 10.1 Å². The maximum atomic E-state index is 12.9. The molecule has 4 rings (SSSR count). The summed E-state index contributed by atoms with van der Waals surface area (Å²) in [6.07, 6.45) is 1.56. The van der Waals surface area contributed by atoms with Crippen LogP contribution in [0.2, 0.25) is 0 Å². The molecule has 0 bridgehead atoms. The van der Waals surface area contributed by atoms with Gasteiger partial charge in [0.05, 0.1) is 11.5 Å². The summed E-state index contributed by atoms with van der Waals surface area (Å²) in [5.41, 5.74) is 3.21. The van der Waals surface area contributed by atoms with Gasteiger partial charge in [0.25, 0.3) is 11.6 Å². The molecule has 3 aromatic rings. The van der Waals surface area contributed by atoms with Crippen molar-refractivity contribution in [1.82, 2.24) is 10.2 Å². The first-order valence-corrected chi connectivity index (χ1v) is 11.2. The van der Waals surface area contributed by atoms with Gasteiger partial charge in [-0.3, -0.25) is 19.8 Å². The van der Waals surface area contributed by atoms with Gasteiger partial charge in [0.15, 0.2) is 0 Å². The van der Waals surface area contributed by atoms with Gasteiger partial charge in [0, 0.05) is 22.2 Å². The number of nitro groups is 1. The molecule has 1 N–H and O–H groups in total. The zero-order valence-corrected chi connectivity index (χ0v) is 19.7. The van der Waals surface area contributed by atoms with Crippen LogP contribution in [0.5, 0.6) is 5.75 Å². The monoisotopic (exact) mass is 521 g/mol. The number of non-ortho nitro benzene ring substituents is 1. The minimum absolute atomic E-state index is 0.0211. The summed E-state index contributed by atoms with van der Waals surface area (Å²) in [6.45, 7) is 2.21. The van der Waals surface area contributed by atoms with Gasteiger partial charge in [-0.2, -0.15) is 0 Å². The second-order valence-corrected chi connectivity index (χ2v) is 8.68. The second kappa shape index (κ2) is 9.88. The lowest BCUT2D eigenvalue weighted by atomic mass is 10.1. The summed E-state index contributed by atoms with van der Waals surface area (Å²) < 4.78 is 6.66. The molecular formula is C25H20BrN3O5. The van der Waals surface area contributed by atoms with E-state index in [1.165, 1.54) is 12.1 Å². The first-order valence-electron chi connectivity index (χ1n) is 10.4. The van der Waals surface area contributed by atoms with Crippen LogP contribution in [0.25, 0.3) is 6.08 Å². The van der Waals surface area contributed by atoms with E-state index in [2.05, 4.69) is 21.2 Å². The lowest BCUT2D eigenvalue weighted by Crippen LogP contribution is -2.30. The molecule has 0 saturated carbocycles. The maximum absolute atomic E-state index is 12.9. The molecule has 172 valence electrons. The molecule has 0 radical (unpaired) electrons. The molecule has 34 heavy (non-hydrogen) atoms. The number of ether oxygens (including phenoxy) is 1. The molecule has 0 aromatic heterocycles. The average molecular weight is 522 g/mol. The second-order valence-electron chi connectivity index (χ2n) is 7.77. The Bertz CT molecular complexity index is 1320. The lowest BCUT2D eigenvalue weighted by Gasteiger charge is -2.12. The van der Waals surface area contributed by atoms with Crippen molar-refractivity contribution < 1.29 is 19.2 Å². The van der Waals surface area contributed by atoms with E-state index < -0.39 is 16.9 Å².